The van der Waals surface area contributed by atoms with Crippen molar-refractivity contribution in [1.82, 2.24) is 9.88 Å². The fourth-order valence-corrected chi connectivity index (χ4v) is 4.68. The lowest BCUT2D eigenvalue weighted by molar-refractivity contribution is -0.763. The van der Waals surface area contributed by atoms with Gasteiger partial charge in [-0.15, -0.1) is 20.2 Å². The van der Waals surface area contributed by atoms with Crippen LogP contribution in [0.15, 0.2) is 82.2 Å². The van der Waals surface area contributed by atoms with Gasteiger partial charge in [-0.3, -0.25) is 0 Å². The van der Waals surface area contributed by atoms with E-state index in [0.717, 1.165) is 17.7 Å². The highest BCUT2D eigenvalue weighted by Crippen LogP contribution is 2.34. The first-order valence-electron chi connectivity index (χ1n) is 11.6. The van der Waals surface area contributed by atoms with Crippen LogP contribution in [0.1, 0.15) is 16.9 Å². The number of benzene rings is 3. The van der Waals surface area contributed by atoms with Gasteiger partial charge in [0.05, 0.1) is 10.5 Å². The molecule has 15 nitrogen and oxygen atoms in total. The Labute approximate surface area is 231 Å². The second-order valence-electron chi connectivity index (χ2n) is 8.33. The van der Waals surface area contributed by atoms with E-state index in [2.05, 4.69) is 14.8 Å². The van der Waals surface area contributed by atoms with Crippen LogP contribution >= 0.6 is 0 Å². The summed E-state index contributed by atoms with van der Waals surface area (Å²) in [7, 11) is -4.39. The number of sulfonamides is 1. The molecule has 1 heterocycles. The third-order valence-electron chi connectivity index (χ3n) is 5.49. The van der Waals surface area contributed by atoms with Crippen molar-refractivity contribution in [1.29, 1.82) is 0 Å². The van der Waals surface area contributed by atoms with Gasteiger partial charge in [0.15, 0.2) is 0 Å². The van der Waals surface area contributed by atoms with E-state index in [1.54, 1.807) is 11.6 Å². The zero-order valence-electron chi connectivity index (χ0n) is 21.1. The van der Waals surface area contributed by atoms with E-state index in [4.69, 9.17) is 9.26 Å². The van der Waals surface area contributed by atoms with Crippen molar-refractivity contribution in [3.63, 3.8) is 0 Å². The summed E-state index contributed by atoms with van der Waals surface area (Å²) in [5, 5.41) is 23.0. The number of rotatable bonds is 11. The molecule has 1 aromatic heterocycles. The van der Waals surface area contributed by atoms with Crippen molar-refractivity contribution in [2.75, 3.05) is 0 Å². The molecule has 0 aliphatic heterocycles. The molecule has 0 aliphatic rings. The van der Waals surface area contributed by atoms with Gasteiger partial charge in [-0.25, -0.2) is 17.9 Å². The summed E-state index contributed by atoms with van der Waals surface area (Å²) in [5.74, 6) is 0.255. The van der Waals surface area contributed by atoms with Gasteiger partial charge in [0.25, 0.3) is 20.2 Å². The van der Waals surface area contributed by atoms with E-state index < -0.39 is 39.5 Å². The molecule has 0 fully saturated rings. The summed E-state index contributed by atoms with van der Waals surface area (Å²) in [6.07, 6.45) is -1.40. The summed E-state index contributed by atoms with van der Waals surface area (Å²) in [4.78, 5) is 41.8. The highest BCUT2D eigenvalue weighted by molar-refractivity contribution is 7.90. The number of carbonyl (C=O) groups is 1. The summed E-state index contributed by atoms with van der Waals surface area (Å²) in [6.45, 7) is 0.587. The Morgan fingerprint density at radius 2 is 1.49 bits per heavy atom. The molecule has 0 spiro atoms. The summed E-state index contributed by atoms with van der Waals surface area (Å²) in [6, 6.07) is 18.5. The third-order valence-corrected chi connectivity index (χ3v) is 6.82. The number of nitrogens with zero attached hydrogens (tertiary/aromatic N) is 3. The topological polar surface area (TPSA) is 203 Å². The first-order valence-corrected chi connectivity index (χ1v) is 13.0. The van der Waals surface area contributed by atoms with Gasteiger partial charge in [0.1, 0.15) is 30.4 Å². The molecule has 0 atom stereocenters. The lowest BCUT2D eigenvalue weighted by Gasteiger charge is -2.11. The van der Waals surface area contributed by atoms with E-state index >= 15 is 0 Å². The smallest absolute Gasteiger partial charge is 0.410 e. The summed E-state index contributed by atoms with van der Waals surface area (Å²) < 4.78 is 37.8. The Balaban J connectivity index is 1.50. The molecule has 4 rings (SSSR count). The maximum Gasteiger partial charge on any atom is 0.426 e. The van der Waals surface area contributed by atoms with Crippen molar-refractivity contribution in [2.24, 2.45) is 0 Å². The Morgan fingerprint density at radius 3 is 2.05 bits per heavy atom. The Bertz CT molecular complexity index is 1650. The number of nitrogens with one attached hydrogen (secondary N) is 1. The first-order chi connectivity index (χ1) is 19.5. The lowest BCUT2D eigenvalue weighted by atomic mass is 10.00. The zero-order valence-corrected chi connectivity index (χ0v) is 21.9. The van der Waals surface area contributed by atoms with Gasteiger partial charge in [-0.2, -0.15) is 0 Å². The van der Waals surface area contributed by atoms with Crippen molar-refractivity contribution in [3.8, 4) is 28.1 Å². The highest BCUT2D eigenvalue weighted by Gasteiger charge is 2.22. The van der Waals surface area contributed by atoms with Crippen LogP contribution in [0.3, 0.4) is 0 Å². The van der Waals surface area contributed by atoms with E-state index in [9.17, 15) is 33.4 Å². The zero-order chi connectivity index (χ0) is 29.6. The number of ether oxygens (including phenoxy) is 1. The Kier molecular flexibility index (Phi) is 8.43. The molecule has 41 heavy (non-hydrogen) atoms. The molecule has 212 valence electrons. The van der Waals surface area contributed by atoms with Gasteiger partial charge in [-0.05, 0) is 47.9 Å². The fourth-order valence-electron chi connectivity index (χ4n) is 3.81. The quantitative estimate of drug-likeness (QED) is 0.194. The van der Waals surface area contributed by atoms with E-state index in [0.29, 0.717) is 22.6 Å². The molecular weight excluding hydrogens is 564 g/mol. The predicted octanol–water partition coefficient (Wildman–Crippen LogP) is 4.21. The van der Waals surface area contributed by atoms with Gasteiger partial charge < -0.3 is 18.9 Å². The van der Waals surface area contributed by atoms with E-state index in [-0.39, 0.29) is 21.8 Å². The van der Waals surface area contributed by atoms with E-state index in [1.165, 1.54) is 30.3 Å². The lowest BCUT2D eigenvalue weighted by Crippen LogP contribution is -2.33. The minimum absolute atomic E-state index is 0.103. The SMILES string of the molecule is Cc1onc(-c2ccccc2)c1-c1ccc(S(=O)(=O)NC(=O)Oc2cc(CO[N+](=O)[O-])cc(CO[N+](=O)[O-])c2)cc1. The van der Waals surface area contributed by atoms with Crippen molar-refractivity contribution >= 4 is 16.1 Å². The summed E-state index contributed by atoms with van der Waals surface area (Å²) >= 11 is 0. The Hall–Kier alpha value is -5.51. The van der Waals surface area contributed by atoms with Crippen LogP contribution in [0.25, 0.3) is 22.4 Å². The second-order valence-corrected chi connectivity index (χ2v) is 10.0. The minimum Gasteiger partial charge on any atom is -0.410 e. The Morgan fingerprint density at radius 1 is 0.902 bits per heavy atom. The van der Waals surface area contributed by atoms with Gasteiger partial charge >= 0.3 is 6.09 Å². The van der Waals surface area contributed by atoms with Crippen molar-refractivity contribution in [3.05, 3.63) is 110 Å². The monoisotopic (exact) mass is 584 g/mol. The maximum atomic E-state index is 12.8. The number of hydrogen-bond acceptors (Lipinski definition) is 12. The molecular formula is C25H20N4O11S. The third kappa shape index (κ3) is 7.33. The molecule has 16 heteroatoms. The first kappa shape index (κ1) is 28.5. The van der Waals surface area contributed by atoms with Crippen LogP contribution in [0.5, 0.6) is 5.75 Å². The average Bonchev–Trinajstić information content (AvgIpc) is 3.32. The molecule has 0 saturated heterocycles. The predicted molar refractivity (Wildman–Crippen MR) is 138 cm³/mol. The number of amides is 1. The van der Waals surface area contributed by atoms with Crippen LogP contribution in [-0.4, -0.2) is 29.8 Å². The number of aromatic nitrogens is 1. The van der Waals surface area contributed by atoms with Gasteiger partial charge in [0, 0.05) is 5.56 Å². The van der Waals surface area contributed by atoms with Crippen LogP contribution in [0, 0.1) is 27.2 Å². The van der Waals surface area contributed by atoms with Crippen LogP contribution in [0.2, 0.25) is 0 Å². The molecule has 0 aliphatic carbocycles. The van der Waals surface area contributed by atoms with Gasteiger partial charge in [-0.1, -0.05) is 53.7 Å². The average molecular weight is 585 g/mol. The van der Waals surface area contributed by atoms with Crippen LogP contribution in [0.4, 0.5) is 4.79 Å². The number of aryl methyl sites for hydroxylation is 1. The number of hydrogen-bond donors (Lipinski definition) is 1. The standard InChI is InChI=1S/C25H20N4O11S/c1-16-23(24(26-40-16)20-5-3-2-4-6-20)19-7-9-22(10-8-19)41(35,36)27-25(30)39-21-12-17(14-37-28(31)32)11-18(13-21)15-38-29(33)34/h2-13H,14-15H2,1H3,(H,27,30). The number of carbonyl (C=O) groups excluding carboxylic acids is 1. The molecule has 0 bridgehead atoms. The highest BCUT2D eigenvalue weighted by atomic mass is 32.2. The van der Waals surface area contributed by atoms with Crippen LogP contribution < -0.4 is 9.46 Å². The van der Waals surface area contributed by atoms with Crippen molar-refractivity contribution in [2.45, 2.75) is 25.0 Å². The molecule has 4 aromatic rings. The molecule has 1 N–H and O–H groups in total. The van der Waals surface area contributed by atoms with Crippen molar-refractivity contribution < 1.29 is 42.3 Å². The normalized spacial score (nSPS) is 11.0. The molecule has 0 radical (unpaired) electrons. The minimum atomic E-state index is -4.39. The van der Waals surface area contributed by atoms with E-state index in [1.807, 2.05) is 30.3 Å². The molecule has 0 unspecified atom stereocenters. The maximum absolute atomic E-state index is 12.8. The second kappa shape index (κ2) is 12.1. The molecule has 1 amide bonds. The largest absolute Gasteiger partial charge is 0.426 e. The van der Waals surface area contributed by atoms with Gasteiger partial charge in [0.2, 0.25) is 0 Å². The fraction of sp³-hybridized carbons (Fsp3) is 0.120. The molecule has 3 aromatic carbocycles. The summed E-state index contributed by atoms with van der Waals surface area (Å²) in [5.41, 5.74) is 2.89. The molecule has 0 saturated carbocycles. The van der Waals surface area contributed by atoms with Crippen LogP contribution in [-0.2, 0) is 32.9 Å².